The molecule has 0 aliphatic heterocycles. The maximum Gasteiger partial charge on any atom is 0.208 e. The van der Waals surface area contributed by atoms with Gasteiger partial charge in [-0.25, -0.2) is 9.67 Å². The van der Waals surface area contributed by atoms with Crippen molar-refractivity contribution in [3.63, 3.8) is 0 Å². The lowest BCUT2D eigenvalue weighted by molar-refractivity contribution is 0.432. The molecule has 1 N–H and O–H groups in total. The number of nitrogens with zero attached hydrogens (tertiary/aromatic N) is 4. The predicted octanol–water partition coefficient (Wildman–Crippen LogP) is 2.41. The van der Waals surface area contributed by atoms with Crippen molar-refractivity contribution in [3.8, 4) is 5.69 Å². The van der Waals surface area contributed by atoms with Crippen LogP contribution in [0.25, 0.3) is 5.69 Å². The molecule has 0 bridgehead atoms. The number of aryl methyl sites for hydroxylation is 1. The first-order valence-corrected chi connectivity index (χ1v) is 6.84. The second kappa shape index (κ2) is 5.88. The van der Waals surface area contributed by atoms with Crippen LogP contribution in [-0.2, 0) is 6.54 Å². The van der Waals surface area contributed by atoms with Crippen LogP contribution < -0.4 is 5.32 Å². The van der Waals surface area contributed by atoms with E-state index in [1.165, 1.54) is 5.56 Å². The summed E-state index contributed by atoms with van der Waals surface area (Å²) in [6, 6.07) is 8.42. The summed E-state index contributed by atoms with van der Waals surface area (Å²) in [5, 5.41) is 11.2. The number of nitrogens with one attached hydrogen (secondary N) is 1. The summed E-state index contributed by atoms with van der Waals surface area (Å²) < 4.78 is 7.18. The molecule has 0 saturated heterocycles. The normalized spacial score (nSPS) is 12.5. The van der Waals surface area contributed by atoms with Gasteiger partial charge in [0.15, 0.2) is 0 Å². The van der Waals surface area contributed by atoms with E-state index in [2.05, 4.69) is 39.7 Å². The van der Waals surface area contributed by atoms with Crippen molar-refractivity contribution in [1.82, 2.24) is 25.3 Å². The molecule has 0 radical (unpaired) electrons. The van der Waals surface area contributed by atoms with Gasteiger partial charge in [0.25, 0.3) is 0 Å². The van der Waals surface area contributed by atoms with Crippen LogP contribution in [0, 0.1) is 6.92 Å². The topological polar surface area (TPSA) is 68.8 Å². The molecular formula is C15H17N5O. The Morgan fingerprint density at radius 1 is 1.29 bits per heavy atom. The minimum Gasteiger partial charge on any atom is -0.445 e. The maximum atomic E-state index is 5.45. The molecular weight excluding hydrogens is 266 g/mol. The smallest absolute Gasteiger partial charge is 0.208 e. The lowest BCUT2D eigenvalue weighted by Crippen LogP contribution is -2.18. The number of oxazole rings is 1. The molecule has 3 rings (SSSR count). The van der Waals surface area contributed by atoms with Gasteiger partial charge in [0.1, 0.15) is 5.76 Å². The lowest BCUT2D eigenvalue weighted by atomic mass is 10.1. The molecule has 0 spiro atoms. The van der Waals surface area contributed by atoms with Crippen LogP contribution in [0.15, 0.2) is 47.3 Å². The SMILES string of the molecule is Cc1cnc(CN[C@H](C)c2ccc(-n3ccnn3)cc2)o1. The first kappa shape index (κ1) is 13.5. The minimum absolute atomic E-state index is 0.210. The number of aromatic nitrogens is 4. The van der Waals surface area contributed by atoms with Crippen LogP contribution in [-0.4, -0.2) is 20.0 Å². The molecule has 108 valence electrons. The number of benzene rings is 1. The van der Waals surface area contributed by atoms with Gasteiger partial charge in [0.05, 0.1) is 30.8 Å². The van der Waals surface area contributed by atoms with Gasteiger partial charge in [-0.2, -0.15) is 0 Å². The number of hydrogen-bond donors (Lipinski definition) is 1. The zero-order chi connectivity index (χ0) is 14.7. The van der Waals surface area contributed by atoms with Gasteiger partial charge in [-0.1, -0.05) is 17.3 Å². The van der Waals surface area contributed by atoms with Gasteiger partial charge in [-0.3, -0.25) is 0 Å². The van der Waals surface area contributed by atoms with E-state index in [1.807, 2.05) is 25.3 Å². The Bertz CT molecular complexity index is 687. The van der Waals surface area contributed by atoms with Crippen LogP contribution in [0.5, 0.6) is 0 Å². The molecule has 0 fully saturated rings. The Balaban J connectivity index is 1.63. The Morgan fingerprint density at radius 2 is 2.10 bits per heavy atom. The van der Waals surface area contributed by atoms with Crippen molar-refractivity contribution in [3.05, 3.63) is 60.1 Å². The van der Waals surface area contributed by atoms with E-state index in [0.717, 1.165) is 11.4 Å². The van der Waals surface area contributed by atoms with E-state index in [9.17, 15) is 0 Å². The lowest BCUT2D eigenvalue weighted by Gasteiger charge is -2.13. The second-order valence-electron chi connectivity index (χ2n) is 4.91. The standard InChI is InChI=1S/C15H17N5O/c1-11-9-17-15(21-11)10-16-12(2)13-3-5-14(6-4-13)20-8-7-18-19-20/h3-9,12,16H,10H2,1-2H3/t12-/m1/s1. The maximum absolute atomic E-state index is 5.45. The molecule has 2 heterocycles. The second-order valence-corrected chi connectivity index (χ2v) is 4.91. The number of hydrogen-bond acceptors (Lipinski definition) is 5. The van der Waals surface area contributed by atoms with Crippen molar-refractivity contribution in [2.45, 2.75) is 26.4 Å². The highest BCUT2D eigenvalue weighted by Crippen LogP contribution is 2.15. The summed E-state index contributed by atoms with van der Waals surface area (Å²) in [5.74, 6) is 1.54. The van der Waals surface area contributed by atoms with Crippen molar-refractivity contribution in [2.24, 2.45) is 0 Å². The fourth-order valence-corrected chi connectivity index (χ4v) is 2.10. The molecule has 0 aliphatic carbocycles. The third-order valence-corrected chi connectivity index (χ3v) is 3.31. The third kappa shape index (κ3) is 3.17. The Kier molecular flexibility index (Phi) is 3.79. The molecule has 0 amide bonds. The fraction of sp³-hybridized carbons (Fsp3) is 0.267. The van der Waals surface area contributed by atoms with E-state index < -0.39 is 0 Å². The summed E-state index contributed by atoms with van der Waals surface area (Å²) in [6.45, 7) is 4.61. The average Bonchev–Trinajstić information content (AvgIpc) is 3.16. The quantitative estimate of drug-likeness (QED) is 0.778. The largest absolute Gasteiger partial charge is 0.445 e. The van der Waals surface area contributed by atoms with E-state index in [-0.39, 0.29) is 6.04 Å². The number of rotatable bonds is 5. The fourth-order valence-electron chi connectivity index (χ4n) is 2.10. The van der Waals surface area contributed by atoms with Crippen LogP contribution in [0.3, 0.4) is 0 Å². The van der Waals surface area contributed by atoms with Crippen LogP contribution in [0.2, 0.25) is 0 Å². The van der Waals surface area contributed by atoms with Gasteiger partial charge in [-0.15, -0.1) is 5.10 Å². The zero-order valence-corrected chi connectivity index (χ0v) is 12.0. The van der Waals surface area contributed by atoms with E-state index in [0.29, 0.717) is 12.4 Å². The highest BCUT2D eigenvalue weighted by atomic mass is 16.4. The molecule has 6 nitrogen and oxygen atoms in total. The summed E-state index contributed by atoms with van der Waals surface area (Å²) in [5.41, 5.74) is 2.19. The summed E-state index contributed by atoms with van der Waals surface area (Å²) >= 11 is 0. The highest BCUT2D eigenvalue weighted by Gasteiger charge is 2.07. The summed E-state index contributed by atoms with van der Waals surface area (Å²) in [6.07, 6.45) is 5.21. The first-order valence-electron chi connectivity index (χ1n) is 6.84. The van der Waals surface area contributed by atoms with Gasteiger partial charge in [0.2, 0.25) is 5.89 Å². The molecule has 3 aromatic rings. The van der Waals surface area contributed by atoms with Gasteiger partial charge in [0, 0.05) is 6.04 Å². The van der Waals surface area contributed by atoms with Gasteiger partial charge in [-0.05, 0) is 31.5 Å². The summed E-state index contributed by atoms with van der Waals surface area (Å²) in [4.78, 5) is 4.18. The zero-order valence-electron chi connectivity index (χ0n) is 12.0. The predicted molar refractivity (Wildman–Crippen MR) is 77.9 cm³/mol. The van der Waals surface area contributed by atoms with E-state index in [1.54, 1.807) is 17.1 Å². The third-order valence-electron chi connectivity index (χ3n) is 3.31. The van der Waals surface area contributed by atoms with Crippen molar-refractivity contribution in [1.29, 1.82) is 0 Å². The molecule has 21 heavy (non-hydrogen) atoms. The van der Waals surface area contributed by atoms with Crippen LogP contribution in [0.4, 0.5) is 0 Å². The monoisotopic (exact) mass is 283 g/mol. The molecule has 2 aromatic heterocycles. The molecule has 6 heteroatoms. The molecule has 0 aliphatic rings. The Morgan fingerprint density at radius 3 is 2.71 bits per heavy atom. The minimum atomic E-state index is 0.210. The van der Waals surface area contributed by atoms with Crippen molar-refractivity contribution < 1.29 is 4.42 Å². The Hall–Kier alpha value is -2.47. The molecule has 1 atom stereocenters. The molecule has 0 unspecified atom stereocenters. The van der Waals surface area contributed by atoms with Crippen LogP contribution in [0.1, 0.15) is 30.2 Å². The van der Waals surface area contributed by atoms with E-state index >= 15 is 0 Å². The van der Waals surface area contributed by atoms with Gasteiger partial charge < -0.3 is 9.73 Å². The van der Waals surface area contributed by atoms with Gasteiger partial charge >= 0.3 is 0 Å². The molecule has 1 aromatic carbocycles. The Labute approximate surface area is 122 Å². The first-order chi connectivity index (χ1) is 10.2. The molecule has 0 saturated carbocycles. The summed E-state index contributed by atoms with van der Waals surface area (Å²) in [7, 11) is 0. The van der Waals surface area contributed by atoms with E-state index in [4.69, 9.17) is 4.42 Å². The average molecular weight is 283 g/mol. The van der Waals surface area contributed by atoms with Crippen LogP contribution >= 0.6 is 0 Å². The van der Waals surface area contributed by atoms with Crippen molar-refractivity contribution >= 4 is 0 Å². The highest BCUT2D eigenvalue weighted by molar-refractivity contribution is 5.34. The van der Waals surface area contributed by atoms with Crippen molar-refractivity contribution in [2.75, 3.05) is 0 Å².